The first-order chi connectivity index (χ1) is 6.33. The lowest BCUT2D eigenvalue weighted by molar-refractivity contribution is 0.160. The molecule has 2 heterocycles. The van der Waals surface area contributed by atoms with Crippen molar-refractivity contribution in [3.8, 4) is 0 Å². The number of unbranched alkanes of at least 4 members (excludes halogenated alkanes) is 1. The molecule has 1 N–H and O–H groups in total. The van der Waals surface area contributed by atoms with Gasteiger partial charge in [0.15, 0.2) is 0 Å². The number of hydrogen-bond donors (Lipinski definition) is 1. The van der Waals surface area contributed by atoms with E-state index in [2.05, 4.69) is 19.2 Å². The highest BCUT2D eigenvalue weighted by Gasteiger charge is 2.37. The van der Waals surface area contributed by atoms with Gasteiger partial charge in [-0.15, -0.1) is 0 Å². The fraction of sp³-hybridized carbons (Fsp3) is 1.00. The molecular weight excluding hydrogens is 162 g/mol. The average molecular weight is 185 g/mol. The Morgan fingerprint density at radius 1 is 1.23 bits per heavy atom. The van der Waals surface area contributed by atoms with Gasteiger partial charge in [-0.1, -0.05) is 26.7 Å². The molecule has 0 aromatic rings. The van der Waals surface area contributed by atoms with Crippen LogP contribution in [0.5, 0.6) is 0 Å². The van der Waals surface area contributed by atoms with E-state index >= 15 is 0 Å². The summed E-state index contributed by atoms with van der Waals surface area (Å²) in [7, 11) is 0. The number of nitrogens with one attached hydrogen (secondary N) is 1. The number of ether oxygens (including phenoxy) is 1. The van der Waals surface area contributed by atoms with Crippen LogP contribution in [0.1, 0.15) is 39.5 Å². The molecule has 2 rings (SSSR count). The topological polar surface area (TPSA) is 21.3 Å². The molecule has 1 atom stereocenters. The molecule has 2 nitrogen and oxygen atoms in total. The van der Waals surface area contributed by atoms with E-state index in [1.54, 1.807) is 0 Å². The molecule has 0 aliphatic carbocycles. The zero-order chi connectivity index (χ0) is 9.57. The van der Waals surface area contributed by atoms with Crippen LogP contribution >= 0.6 is 0 Å². The first-order valence-electron chi connectivity index (χ1n) is 5.61. The van der Waals surface area contributed by atoms with Gasteiger partial charge >= 0.3 is 0 Å². The van der Waals surface area contributed by atoms with Gasteiger partial charge in [-0.3, -0.25) is 0 Å². The van der Waals surface area contributed by atoms with E-state index in [0.29, 0.717) is 5.41 Å². The van der Waals surface area contributed by atoms with Gasteiger partial charge in [0.2, 0.25) is 0 Å². The van der Waals surface area contributed by atoms with Gasteiger partial charge < -0.3 is 10.1 Å². The maximum atomic E-state index is 5.34. The Morgan fingerprint density at radius 2 is 2.00 bits per heavy atom. The van der Waals surface area contributed by atoms with Crippen molar-refractivity contribution in [1.82, 2.24) is 5.32 Å². The first-order valence-corrected chi connectivity index (χ1v) is 5.61. The molecule has 1 unspecified atom stereocenters. The maximum absolute atomic E-state index is 5.34. The Labute approximate surface area is 82.0 Å². The van der Waals surface area contributed by atoms with Gasteiger partial charge in [0.1, 0.15) is 0 Å². The van der Waals surface area contributed by atoms with E-state index in [1.807, 2.05) is 0 Å². The Bertz CT molecular complexity index is 105. The van der Waals surface area contributed by atoms with Crippen LogP contribution in [0.3, 0.4) is 0 Å². The van der Waals surface area contributed by atoms with E-state index in [4.69, 9.17) is 4.74 Å². The molecule has 0 amide bonds. The molecule has 1 spiro atoms. The lowest BCUT2D eigenvalue weighted by atomic mass is 9.87. The van der Waals surface area contributed by atoms with Gasteiger partial charge in [0.05, 0.1) is 6.61 Å². The van der Waals surface area contributed by atoms with E-state index in [1.165, 1.54) is 38.8 Å². The second kappa shape index (κ2) is 5.61. The van der Waals surface area contributed by atoms with Crippen LogP contribution in [0.25, 0.3) is 0 Å². The van der Waals surface area contributed by atoms with Gasteiger partial charge in [0.25, 0.3) is 0 Å². The van der Waals surface area contributed by atoms with Crippen molar-refractivity contribution in [1.29, 1.82) is 0 Å². The Hall–Kier alpha value is -0.0800. The molecule has 0 saturated carbocycles. The van der Waals surface area contributed by atoms with Crippen molar-refractivity contribution in [2.24, 2.45) is 5.41 Å². The predicted molar refractivity (Wildman–Crippen MR) is 55.9 cm³/mol. The second-order valence-electron chi connectivity index (χ2n) is 4.23. The van der Waals surface area contributed by atoms with E-state index in [-0.39, 0.29) is 0 Å². The van der Waals surface area contributed by atoms with Crippen molar-refractivity contribution in [2.75, 3.05) is 26.3 Å². The van der Waals surface area contributed by atoms with Crippen LogP contribution in [-0.4, -0.2) is 26.3 Å². The van der Waals surface area contributed by atoms with E-state index in [9.17, 15) is 0 Å². The molecule has 2 heteroatoms. The van der Waals surface area contributed by atoms with Crippen molar-refractivity contribution < 1.29 is 4.74 Å². The highest BCUT2D eigenvalue weighted by molar-refractivity contribution is 4.90. The van der Waals surface area contributed by atoms with Crippen molar-refractivity contribution >= 4 is 0 Å². The van der Waals surface area contributed by atoms with Gasteiger partial charge in [-0.2, -0.15) is 0 Å². The van der Waals surface area contributed by atoms with E-state index in [0.717, 1.165) is 13.2 Å². The molecule has 2 saturated heterocycles. The molecule has 78 valence electrons. The molecule has 2 aliphatic heterocycles. The molecule has 0 bridgehead atoms. The predicted octanol–water partition coefficient (Wildman–Crippen LogP) is 2.19. The molecule has 2 aliphatic rings. The maximum Gasteiger partial charge on any atom is 0.0535 e. The quantitative estimate of drug-likeness (QED) is 0.676. The average Bonchev–Trinajstić information content (AvgIpc) is 2.80. The zero-order valence-corrected chi connectivity index (χ0v) is 9.07. The summed E-state index contributed by atoms with van der Waals surface area (Å²) >= 11 is 0. The minimum absolute atomic E-state index is 0.556. The smallest absolute Gasteiger partial charge is 0.0535 e. The van der Waals surface area contributed by atoms with Crippen LogP contribution in [0.4, 0.5) is 0 Å². The van der Waals surface area contributed by atoms with E-state index < -0.39 is 0 Å². The summed E-state index contributed by atoms with van der Waals surface area (Å²) < 4.78 is 5.34. The first kappa shape index (κ1) is 11.0. The third-order valence-corrected chi connectivity index (χ3v) is 3.02. The summed E-state index contributed by atoms with van der Waals surface area (Å²) in [5.74, 6) is 0. The summed E-state index contributed by atoms with van der Waals surface area (Å²) in [5.41, 5.74) is 0.556. The lowest BCUT2D eigenvalue weighted by Gasteiger charge is -2.17. The summed E-state index contributed by atoms with van der Waals surface area (Å²) in [4.78, 5) is 0. The molecule has 0 aromatic heterocycles. The monoisotopic (exact) mass is 185 g/mol. The van der Waals surface area contributed by atoms with Crippen molar-refractivity contribution in [2.45, 2.75) is 39.5 Å². The largest absolute Gasteiger partial charge is 0.381 e. The standard InChI is InChI=1S/C7H13NO.C4H10/c1-3-8-5-7(1)2-4-9-6-7;1-3-4-2/h8H,1-6H2;3-4H2,1-2H3. The normalized spacial score (nSPS) is 31.8. The minimum Gasteiger partial charge on any atom is -0.381 e. The second-order valence-corrected chi connectivity index (χ2v) is 4.23. The Morgan fingerprint density at radius 3 is 2.38 bits per heavy atom. The van der Waals surface area contributed by atoms with Crippen LogP contribution in [-0.2, 0) is 4.74 Å². The van der Waals surface area contributed by atoms with Crippen molar-refractivity contribution in [3.63, 3.8) is 0 Å². The van der Waals surface area contributed by atoms with Crippen LogP contribution in [0.15, 0.2) is 0 Å². The zero-order valence-electron chi connectivity index (χ0n) is 9.07. The molecular formula is C11H23NO. The van der Waals surface area contributed by atoms with Crippen LogP contribution < -0.4 is 5.32 Å². The molecule has 2 fully saturated rings. The fourth-order valence-electron chi connectivity index (χ4n) is 1.78. The third-order valence-electron chi connectivity index (χ3n) is 3.02. The number of hydrogen-bond acceptors (Lipinski definition) is 2. The summed E-state index contributed by atoms with van der Waals surface area (Å²) in [6.07, 6.45) is 5.24. The Kier molecular flexibility index (Phi) is 4.74. The highest BCUT2D eigenvalue weighted by atomic mass is 16.5. The lowest BCUT2D eigenvalue weighted by Crippen LogP contribution is -2.23. The summed E-state index contributed by atoms with van der Waals surface area (Å²) in [6.45, 7) is 8.73. The van der Waals surface area contributed by atoms with Crippen LogP contribution in [0.2, 0.25) is 0 Å². The highest BCUT2D eigenvalue weighted by Crippen LogP contribution is 2.33. The molecule has 13 heavy (non-hydrogen) atoms. The minimum atomic E-state index is 0.556. The van der Waals surface area contributed by atoms with Gasteiger partial charge in [-0.05, 0) is 19.4 Å². The third kappa shape index (κ3) is 3.28. The molecule has 0 aromatic carbocycles. The van der Waals surface area contributed by atoms with Gasteiger partial charge in [0, 0.05) is 18.6 Å². The Balaban J connectivity index is 0.000000184. The van der Waals surface area contributed by atoms with Gasteiger partial charge in [-0.25, -0.2) is 0 Å². The SMILES string of the molecule is C1CC2(CCOC2)CN1.CCCC. The summed E-state index contributed by atoms with van der Waals surface area (Å²) in [6, 6.07) is 0. The molecule has 0 radical (unpaired) electrons. The summed E-state index contributed by atoms with van der Waals surface area (Å²) in [5, 5.41) is 3.38. The van der Waals surface area contributed by atoms with Crippen molar-refractivity contribution in [3.05, 3.63) is 0 Å². The fourth-order valence-corrected chi connectivity index (χ4v) is 1.78. The van der Waals surface area contributed by atoms with Crippen LogP contribution in [0, 0.1) is 5.41 Å². The number of rotatable bonds is 1.